The van der Waals surface area contributed by atoms with Crippen LogP contribution in [0.2, 0.25) is 0 Å². The van der Waals surface area contributed by atoms with Gasteiger partial charge in [-0.05, 0) is 31.9 Å². The molecule has 98 valence electrons. The summed E-state index contributed by atoms with van der Waals surface area (Å²) in [5.74, 6) is 1.50. The second-order valence-corrected chi connectivity index (χ2v) is 4.70. The summed E-state index contributed by atoms with van der Waals surface area (Å²) < 4.78 is 19.1. The minimum atomic E-state index is -0.424. The number of aromatic nitrogens is 2. The van der Waals surface area contributed by atoms with Gasteiger partial charge in [-0.2, -0.15) is 4.98 Å². The van der Waals surface area contributed by atoms with Crippen LogP contribution in [-0.2, 0) is 0 Å². The van der Waals surface area contributed by atoms with Crippen molar-refractivity contribution in [2.45, 2.75) is 25.7 Å². The van der Waals surface area contributed by atoms with E-state index in [-0.39, 0.29) is 5.75 Å². The van der Waals surface area contributed by atoms with E-state index >= 15 is 0 Å². The van der Waals surface area contributed by atoms with Gasteiger partial charge in [0.25, 0.3) is 0 Å². The van der Waals surface area contributed by atoms with Crippen LogP contribution in [0.15, 0.2) is 24.3 Å². The minimum absolute atomic E-state index is 0.144. The van der Waals surface area contributed by atoms with Gasteiger partial charge in [0.1, 0.15) is 11.6 Å². The maximum atomic E-state index is 13.6. The third-order valence-electron chi connectivity index (χ3n) is 3.14. The molecule has 0 amide bonds. The number of nitrogen functional groups attached to an aromatic ring is 1. The second-order valence-electron chi connectivity index (χ2n) is 4.70. The molecule has 0 spiro atoms. The summed E-state index contributed by atoms with van der Waals surface area (Å²) in [5, 5.41) is 0. The predicted octanol–water partition coefficient (Wildman–Crippen LogP) is 3.18. The van der Waals surface area contributed by atoms with Gasteiger partial charge in [-0.1, -0.05) is 12.1 Å². The number of hydrogen-bond acceptors (Lipinski definition) is 4. The van der Waals surface area contributed by atoms with E-state index in [0.717, 1.165) is 12.8 Å². The molecule has 0 aliphatic heterocycles. The number of hydrogen-bond donors (Lipinski definition) is 1. The van der Waals surface area contributed by atoms with Crippen molar-refractivity contribution in [3.05, 3.63) is 41.5 Å². The van der Waals surface area contributed by atoms with Gasteiger partial charge in [-0.15, -0.1) is 0 Å². The Balaban J connectivity index is 1.98. The molecule has 19 heavy (non-hydrogen) atoms. The van der Waals surface area contributed by atoms with Crippen LogP contribution >= 0.6 is 0 Å². The monoisotopic (exact) mass is 259 g/mol. The van der Waals surface area contributed by atoms with E-state index in [1.807, 2.05) is 0 Å². The Morgan fingerprint density at radius 1 is 1.26 bits per heavy atom. The molecule has 1 aliphatic rings. The molecular weight excluding hydrogens is 245 g/mol. The number of para-hydroxylation sites is 1. The first-order valence-corrected chi connectivity index (χ1v) is 6.21. The first-order chi connectivity index (χ1) is 9.15. The Bertz CT molecular complexity index is 626. The van der Waals surface area contributed by atoms with Crippen LogP contribution in [0, 0.1) is 12.7 Å². The average molecular weight is 259 g/mol. The Labute approximate surface area is 110 Å². The Hall–Kier alpha value is -2.17. The first-order valence-electron chi connectivity index (χ1n) is 6.21. The fraction of sp³-hybridized carbons (Fsp3) is 0.286. The Morgan fingerprint density at radius 3 is 2.68 bits per heavy atom. The summed E-state index contributed by atoms with van der Waals surface area (Å²) in [6.45, 7) is 1.77. The van der Waals surface area contributed by atoms with Crippen molar-refractivity contribution >= 4 is 5.82 Å². The average Bonchev–Trinajstić information content (AvgIpc) is 3.21. The largest absolute Gasteiger partial charge is 0.435 e. The van der Waals surface area contributed by atoms with Crippen molar-refractivity contribution in [2.75, 3.05) is 5.73 Å². The topological polar surface area (TPSA) is 61.0 Å². The molecule has 0 unspecified atom stereocenters. The lowest BCUT2D eigenvalue weighted by molar-refractivity contribution is 0.422. The molecule has 3 rings (SSSR count). The van der Waals surface area contributed by atoms with Gasteiger partial charge in [0.15, 0.2) is 11.6 Å². The van der Waals surface area contributed by atoms with Crippen LogP contribution in [0.1, 0.15) is 30.1 Å². The molecule has 1 saturated carbocycles. The lowest BCUT2D eigenvalue weighted by Gasteiger charge is -2.11. The van der Waals surface area contributed by atoms with E-state index in [1.165, 1.54) is 6.07 Å². The van der Waals surface area contributed by atoms with Crippen molar-refractivity contribution in [1.82, 2.24) is 9.97 Å². The molecular formula is C14H14FN3O. The van der Waals surface area contributed by atoms with E-state index < -0.39 is 5.82 Å². The summed E-state index contributed by atoms with van der Waals surface area (Å²) >= 11 is 0. The van der Waals surface area contributed by atoms with Gasteiger partial charge < -0.3 is 10.5 Å². The highest BCUT2D eigenvalue weighted by molar-refractivity contribution is 5.46. The third kappa shape index (κ3) is 2.36. The molecule has 0 saturated heterocycles. The van der Waals surface area contributed by atoms with Crippen molar-refractivity contribution in [3.63, 3.8) is 0 Å². The van der Waals surface area contributed by atoms with Crippen LogP contribution in [0.3, 0.4) is 0 Å². The molecule has 1 aromatic carbocycles. The zero-order chi connectivity index (χ0) is 13.4. The molecule has 0 atom stereocenters. The number of ether oxygens (including phenoxy) is 1. The quantitative estimate of drug-likeness (QED) is 0.919. The molecule has 2 N–H and O–H groups in total. The number of halogens is 1. The van der Waals surface area contributed by atoms with Gasteiger partial charge in [0.05, 0.1) is 5.56 Å². The maximum Gasteiger partial charge on any atom is 0.227 e. The Kier molecular flexibility index (Phi) is 2.81. The fourth-order valence-corrected chi connectivity index (χ4v) is 1.78. The molecule has 4 nitrogen and oxygen atoms in total. The zero-order valence-electron chi connectivity index (χ0n) is 10.6. The third-order valence-corrected chi connectivity index (χ3v) is 3.14. The van der Waals surface area contributed by atoms with E-state index in [9.17, 15) is 4.39 Å². The minimum Gasteiger partial charge on any atom is -0.435 e. The fourth-order valence-electron chi connectivity index (χ4n) is 1.78. The summed E-state index contributed by atoms with van der Waals surface area (Å²) in [4.78, 5) is 8.60. The maximum absolute atomic E-state index is 13.6. The van der Waals surface area contributed by atoms with Crippen molar-refractivity contribution in [2.24, 2.45) is 0 Å². The van der Waals surface area contributed by atoms with Crippen molar-refractivity contribution in [1.29, 1.82) is 0 Å². The van der Waals surface area contributed by atoms with E-state index in [2.05, 4.69) is 9.97 Å². The molecule has 0 bridgehead atoms. The van der Waals surface area contributed by atoms with Gasteiger partial charge in [-0.25, -0.2) is 9.37 Å². The highest BCUT2D eigenvalue weighted by atomic mass is 19.1. The number of nitrogens with two attached hydrogens (primary N) is 1. The molecule has 1 heterocycles. The van der Waals surface area contributed by atoms with E-state index in [4.69, 9.17) is 10.5 Å². The molecule has 5 heteroatoms. The second kappa shape index (κ2) is 4.50. The normalized spacial score (nSPS) is 14.4. The first kappa shape index (κ1) is 11.9. The van der Waals surface area contributed by atoms with Gasteiger partial charge >= 0.3 is 0 Å². The number of anilines is 1. The van der Waals surface area contributed by atoms with Gasteiger partial charge in [-0.3, -0.25) is 0 Å². The number of benzene rings is 1. The Morgan fingerprint density at radius 2 is 2.00 bits per heavy atom. The van der Waals surface area contributed by atoms with Gasteiger partial charge in [0, 0.05) is 5.92 Å². The molecule has 1 fully saturated rings. The standard InChI is InChI=1S/C14H14FN3O/c1-8-12(16)17-13(9-6-7-9)18-14(8)19-11-5-3-2-4-10(11)15/h2-5,9H,6-7H2,1H3,(H2,16,17,18). The van der Waals surface area contributed by atoms with E-state index in [0.29, 0.717) is 29.0 Å². The van der Waals surface area contributed by atoms with Crippen LogP contribution in [-0.4, -0.2) is 9.97 Å². The smallest absolute Gasteiger partial charge is 0.227 e. The highest BCUT2D eigenvalue weighted by Crippen LogP contribution is 2.40. The number of rotatable bonds is 3. The van der Waals surface area contributed by atoms with Crippen LogP contribution in [0.4, 0.5) is 10.2 Å². The lowest BCUT2D eigenvalue weighted by atomic mass is 10.3. The van der Waals surface area contributed by atoms with E-state index in [1.54, 1.807) is 25.1 Å². The summed E-state index contributed by atoms with van der Waals surface area (Å²) in [5.41, 5.74) is 6.49. The molecule has 1 aromatic heterocycles. The highest BCUT2D eigenvalue weighted by Gasteiger charge is 2.28. The predicted molar refractivity (Wildman–Crippen MR) is 69.6 cm³/mol. The summed E-state index contributed by atoms with van der Waals surface area (Å²) in [6, 6.07) is 6.22. The summed E-state index contributed by atoms with van der Waals surface area (Å²) in [7, 11) is 0. The molecule has 1 aliphatic carbocycles. The van der Waals surface area contributed by atoms with Crippen molar-refractivity contribution < 1.29 is 9.13 Å². The van der Waals surface area contributed by atoms with Crippen molar-refractivity contribution in [3.8, 4) is 11.6 Å². The molecule has 0 radical (unpaired) electrons. The van der Waals surface area contributed by atoms with Crippen LogP contribution < -0.4 is 10.5 Å². The number of nitrogens with zero attached hydrogens (tertiary/aromatic N) is 2. The van der Waals surface area contributed by atoms with Crippen LogP contribution in [0.5, 0.6) is 11.6 Å². The lowest BCUT2D eigenvalue weighted by Crippen LogP contribution is -2.04. The summed E-state index contributed by atoms with van der Waals surface area (Å²) in [6.07, 6.45) is 2.14. The zero-order valence-corrected chi connectivity index (χ0v) is 10.6. The SMILES string of the molecule is Cc1c(N)nc(C2CC2)nc1Oc1ccccc1F. The van der Waals surface area contributed by atoms with Gasteiger partial charge in [0.2, 0.25) is 5.88 Å². The van der Waals surface area contributed by atoms with Crippen LogP contribution in [0.25, 0.3) is 0 Å². The molecule has 2 aromatic rings.